The molecule has 0 aliphatic heterocycles. The Balaban J connectivity index is 1.74. The Bertz CT molecular complexity index is 731. The number of ketones is 2. The van der Waals surface area contributed by atoms with E-state index < -0.39 is 11.6 Å². The fourth-order valence-corrected chi connectivity index (χ4v) is 3.72. The van der Waals surface area contributed by atoms with E-state index in [1.807, 2.05) is 12.8 Å². The SMILES string of the molecule is CCCCCCCN(C[C]1[CH][CH][CH][CH]1)CC1=C(O)c2ccccc2C(=O)C1=O. The highest BCUT2D eigenvalue weighted by molar-refractivity contribution is 6.52. The van der Waals surface area contributed by atoms with E-state index in [0.29, 0.717) is 12.1 Å². The van der Waals surface area contributed by atoms with Crippen molar-refractivity contribution in [1.29, 1.82) is 0 Å². The van der Waals surface area contributed by atoms with Crippen LogP contribution in [0.25, 0.3) is 5.76 Å². The molecule has 28 heavy (non-hydrogen) atoms. The van der Waals surface area contributed by atoms with Gasteiger partial charge < -0.3 is 5.11 Å². The molecule has 0 aromatic heterocycles. The second-order valence-electron chi connectivity index (χ2n) is 7.45. The molecule has 1 N–H and O–H groups in total. The van der Waals surface area contributed by atoms with Crippen LogP contribution in [0.5, 0.6) is 0 Å². The standard InChI is InChI=1S/C24H28NO3/c1-2-3-4-5-10-15-25(16-18-11-6-7-12-18)17-21-22(26)19-13-8-9-14-20(19)23(27)24(21)28/h6-9,11-14,26H,2-5,10,15-17H2,1H3. The molecule has 2 aliphatic carbocycles. The maximum atomic E-state index is 12.7. The van der Waals surface area contributed by atoms with Crippen LogP contribution in [0, 0.1) is 31.6 Å². The maximum Gasteiger partial charge on any atom is 0.234 e. The van der Waals surface area contributed by atoms with E-state index in [2.05, 4.69) is 24.7 Å². The van der Waals surface area contributed by atoms with Crippen molar-refractivity contribution in [3.05, 3.63) is 72.6 Å². The van der Waals surface area contributed by atoms with E-state index >= 15 is 0 Å². The van der Waals surface area contributed by atoms with Crippen molar-refractivity contribution in [2.75, 3.05) is 19.6 Å². The summed E-state index contributed by atoms with van der Waals surface area (Å²) in [6.07, 6.45) is 13.9. The molecule has 1 aromatic carbocycles. The van der Waals surface area contributed by atoms with Crippen molar-refractivity contribution < 1.29 is 14.7 Å². The van der Waals surface area contributed by atoms with Crippen LogP contribution in [0.3, 0.4) is 0 Å². The van der Waals surface area contributed by atoms with E-state index in [0.717, 1.165) is 19.4 Å². The summed E-state index contributed by atoms with van der Waals surface area (Å²) in [6.45, 7) is 4.00. The number of hydrogen-bond donors (Lipinski definition) is 1. The molecule has 3 rings (SSSR count). The number of aliphatic hydroxyl groups excluding tert-OH is 1. The van der Waals surface area contributed by atoms with Gasteiger partial charge in [-0.25, -0.2) is 0 Å². The van der Waals surface area contributed by atoms with Gasteiger partial charge in [0.05, 0.1) is 5.57 Å². The maximum absolute atomic E-state index is 12.7. The first-order valence-electron chi connectivity index (χ1n) is 10.1. The van der Waals surface area contributed by atoms with Gasteiger partial charge in [-0.05, 0) is 44.6 Å². The Morgan fingerprint density at radius 3 is 2.25 bits per heavy atom. The molecule has 0 spiro atoms. The van der Waals surface area contributed by atoms with Crippen LogP contribution in [0.15, 0.2) is 29.8 Å². The Kier molecular flexibility index (Phi) is 7.43. The molecule has 0 bridgehead atoms. The molecule has 0 atom stereocenters. The van der Waals surface area contributed by atoms with E-state index in [1.165, 1.54) is 25.2 Å². The van der Waals surface area contributed by atoms with Crippen molar-refractivity contribution in [3.63, 3.8) is 0 Å². The third-order valence-corrected chi connectivity index (χ3v) is 5.29. The van der Waals surface area contributed by atoms with Crippen LogP contribution in [-0.4, -0.2) is 41.2 Å². The molecule has 2 aliphatic rings. The highest BCUT2D eigenvalue weighted by Crippen LogP contribution is 2.29. The van der Waals surface area contributed by atoms with Crippen molar-refractivity contribution in [1.82, 2.24) is 4.90 Å². The lowest BCUT2D eigenvalue weighted by atomic mass is 9.88. The van der Waals surface area contributed by atoms with Gasteiger partial charge in [-0.3, -0.25) is 14.5 Å². The predicted molar refractivity (Wildman–Crippen MR) is 111 cm³/mol. The van der Waals surface area contributed by atoms with Gasteiger partial charge >= 0.3 is 0 Å². The van der Waals surface area contributed by atoms with Gasteiger partial charge in [0, 0.05) is 24.2 Å². The van der Waals surface area contributed by atoms with Gasteiger partial charge in [0.15, 0.2) is 0 Å². The number of nitrogens with zero attached hydrogens (tertiary/aromatic N) is 1. The lowest BCUT2D eigenvalue weighted by Crippen LogP contribution is -2.36. The zero-order chi connectivity index (χ0) is 19.9. The first-order chi connectivity index (χ1) is 13.6. The molecular formula is C24H28NO3. The predicted octanol–water partition coefficient (Wildman–Crippen LogP) is 4.40. The Hall–Kier alpha value is -1.94. The fourth-order valence-electron chi connectivity index (χ4n) is 3.72. The molecule has 0 unspecified atom stereocenters. The second-order valence-corrected chi connectivity index (χ2v) is 7.45. The highest BCUT2D eigenvalue weighted by Gasteiger charge is 2.33. The summed E-state index contributed by atoms with van der Waals surface area (Å²) >= 11 is 0. The minimum atomic E-state index is -0.588. The van der Waals surface area contributed by atoms with Crippen molar-refractivity contribution in [2.45, 2.75) is 39.0 Å². The lowest BCUT2D eigenvalue weighted by molar-refractivity contribution is -0.112. The van der Waals surface area contributed by atoms with Gasteiger partial charge in [0.25, 0.3) is 0 Å². The number of rotatable bonds is 10. The summed E-state index contributed by atoms with van der Waals surface area (Å²) < 4.78 is 0. The normalized spacial score (nSPS) is 17.6. The van der Waals surface area contributed by atoms with Crippen LogP contribution < -0.4 is 0 Å². The Morgan fingerprint density at radius 1 is 0.857 bits per heavy atom. The van der Waals surface area contributed by atoms with E-state index in [1.54, 1.807) is 24.3 Å². The lowest BCUT2D eigenvalue weighted by Gasteiger charge is -2.27. The molecule has 0 heterocycles. The highest BCUT2D eigenvalue weighted by atomic mass is 16.3. The van der Waals surface area contributed by atoms with Gasteiger partial charge in [-0.1, -0.05) is 56.9 Å². The molecule has 4 nitrogen and oxygen atoms in total. The van der Waals surface area contributed by atoms with Crippen molar-refractivity contribution in [2.24, 2.45) is 0 Å². The third kappa shape index (κ3) is 4.91. The second kappa shape index (κ2) is 10.0. The van der Waals surface area contributed by atoms with Crippen molar-refractivity contribution in [3.8, 4) is 0 Å². The molecular weight excluding hydrogens is 350 g/mol. The van der Waals surface area contributed by atoms with Crippen LogP contribution in [0.4, 0.5) is 0 Å². The van der Waals surface area contributed by atoms with Crippen LogP contribution in [0.2, 0.25) is 0 Å². The molecule has 4 heteroatoms. The largest absolute Gasteiger partial charge is 0.507 e. The number of carbonyl (C=O) groups is 2. The molecule has 5 radical (unpaired) electrons. The fraction of sp³-hybridized carbons (Fsp3) is 0.375. The summed E-state index contributed by atoms with van der Waals surface area (Å²) in [5, 5.41) is 10.7. The smallest absolute Gasteiger partial charge is 0.234 e. The average Bonchev–Trinajstić information content (AvgIpc) is 3.22. The monoisotopic (exact) mass is 378 g/mol. The minimum absolute atomic E-state index is 0.0568. The quantitative estimate of drug-likeness (QED) is 0.484. The molecule has 1 saturated carbocycles. The van der Waals surface area contributed by atoms with Crippen LogP contribution >= 0.6 is 0 Å². The first kappa shape index (κ1) is 20.8. The molecule has 147 valence electrons. The Labute approximate surface area is 168 Å². The number of unbranched alkanes of at least 4 members (excludes halogenated alkanes) is 4. The van der Waals surface area contributed by atoms with E-state index in [9.17, 15) is 14.7 Å². The van der Waals surface area contributed by atoms with Crippen molar-refractivity contribution >= 4 is 17.3 Å². The third-order valence-electron chi connectivity index (χ3n) is 5.29. The van der Waals surface area contributed by atoms with Crippen LogP contribution in [-0.2, 0) is 4.79 Å². The number of hydrogen-bond acceptors (Lipinski definition) is 4. The summed E-state index contributed by atoms with van der Waals surface area (Å²) in [5.74, 6) is -0.00313. The van der Waals surface area contributed by atoms with E-state index in [4.69, 9.17) is 0 Å². The summed E-state index contributed by atoms with van der Waals surface area (Å²) in [5.41, 5.74) is 0.957. The topological polar surface area (TPSA) is 57.6 Å². The Morgan fingerprint density at radius 2 is 1.54 bits per heavy atom. The zero-order valence-electron chi connectivity index (χ0n) is 16.5. The minimum Gasteiger partial charge on any atom is -0.507 e. The number of carbonyl (C=O) groups excluding carboxylic acids is 2. The molecule has 0 amide bonds. The molecule has 1 aromatic rings. The number of Topliss-reactive ketones (excluding diaryl/α,β-unsaturated/α-hetero) is 2. The number of aliphatic hydroxyl groups is 1. The molecule has 1 fully saturated rings. The summed E-state index contributed by atoms with van der Waals surface area (Å²) in [6, 6.07) is 6.77. The number of benzene rings is 1. The number of fused-ring (bicyclic) bond motifs is 1. The summed E-state index contributed by atoms with van der Waals surface area (Å²) in [4.78, 5) is 27.3. The average molecular weight is 378 g/mol. The molecule has 0 saturated heterocycles. The van der Waals surface area contributed by atoms with Gasteiger partial charge in [-0.2, -0.15) is 0 Å². The van der Waals surface area contributed by atoms with Gasteiger partial charge in [0.1, 0.15) is 5.76 Å². The van der Waals surface area contributed by atoms with Crippen LogP contribution in [0.1, 0.15) is 54.9 Å². The zero-order valence-corrected chi connectivity index (χ0v) is 16.5. The van der Waals surface area contributed by atoms with Gasteiger partial charge in [-0.15, -0.1) is 0 Å². The van der Waals surface area contributed by atoms with E-state index in [-0.39, 0.29) is 23.4 Å². The van der Waals surface area contributed by atoms with Gasteiger partial charge in [0.2, 0.25) is 11.6 Å². The first-order valence-corrected chi connectivity index (χ1v) is 10.1. The summed E-state index contributed by atoms with van der Waals surface area (Å²) in [7, 11) is 0.